The third kappa shape index (κ3) is 2.73. The van der Waals surface area contributed by atoms with Gasteiger partial charge in [-0.1, -0.05) is 23.2 Å². The second kappa shape index (κ2) is 4.23. The van der Waals surface area contributed by atoms with E-state index in [1.807, 2.05) is 20.8 Å². The van der Waals surface area contributed by atoms with Crippen LogP contribution in [0.25, 0.3) is 0 Å². The van der Waals surface area contributed by atoms with Gasteiger partial charge in [-0.15, -0.1) is 0 Å². The minimum Gasteiger partial charge on any atom is -0.355 e. The predicted octanol–water partition coefficient (Wildman–Crippen LogP) is 1.28. The maximum Gasteiger partial charge on any atom is 0.267 e. The summed E-state index contributed by atoms with van der Waals surface area (Å²) in [7, 11) is 0. The second-order valence-electron chi connectivity index (χ2n) is 3.76. The van der Waals surface area contributed by atoms with Crippen molar-refractivity contribution in [3.63, 3.8) is 0 Å². The molecule has 1 N–H and O–H groups in total. The molecule has 1 fully saturated rings. The third-order valence-electron chi connectivity index (χ3n) is 2.02. The van der Waals surface area contributed by atoms with Gasteiger partial charge in [-0.05, 0) is 20.8 Å². The number of hydrazine groups is 1. The Hall–Kier alpha value is -0.0300. The Labute approximate surface area is 93.4 Å². The van der Waals surface area contributed by atoms with Gasteiger partial charge >= 0.3 is 0 Å². The van der Waals surface area contributed by atoms with E-state index in [0.717, 1.165) is 0 Å². The molecule has 1 rings (SSSR count). The summed E-state index contributed by atoms with van der Waals surface area (Å²) in [5.74, 6) is -0.431. The molecule has 0 spiro atoms. The molecule has 1 saturated heterocycles. The lowest BCUT2D eigenvalue weighted by atomic mass is 10.3. The van der Waals surface area contributed by atoms with Crippen molar-refractivity contribution in [1.82, 2.24) is 10.4 Å². The highest BCUT2D eigenvalue weighted by Crippen LogP contribution is 2.24. The lowest BCUT2D eigenvalue weighted by Crippen LogP contribution is -2.52. The number of nitrogens with one attached hydrogen (secondary N) is 1. The number of rotatable bonds is 2. The number of halogens is 2. The van der Waals surface area contributed by atoms with E-state index in [1.165, 1.54) is 0 Å². The monoisotopic (exact) mass is 240 g/mol. The van der Waals surface area contributed by atoms with Crippen molar-refractivity contribution in [1.29, 1.82) is 0 Å². The summed E-state index contributed by atoms with van der Waals surface area (Å²) in [6.45, 7) is 6.30. The Kier molecular flexibility index (Phi) is 3.63. The number of ether oxygens (including phenoxy) is 1. The highest BCUT2D eigenvalue weighted by atomic mass is 35.5. The van der Waals surface area contributed by atoms with Crippen LogP contribution in [0.4, 0.5) is 0 Å². The molecule has 1 heterocycles. The summed E-state index contributed by atoms with van der Waals surface area (Å²) in [5, 5.41) is 1.69. The van der Waals surface area contributed by atoms with Crippen LogP contribution >= 0.6 is 23.2 Å². The minimum absolute atomic E-state index is 0.0781. The lowest BCUT2D eigenvalue weighted by molar-refractivity contribution is -0.135. The zero-order valence-electron chi connectivity index (χ0n) is 8.38. The van der Waals surface area contributed by atoms with E-state index in [0.29, 0.717) is 6.54 Å². The van der Waals surface area contributed by atoms with Crippen LogP contribution in [0.2, 0.25) is 0 Å². The van der Waals surface area contributed by atoms with Gasteiger partial charge in [0.2, 0.25) is 0 Å². The lowest BCUT2D eigenvalue weighted by Gasteiger charge is -2.29. The van der Waals surface area contributed by atoms with Crippen molar-refractivity contribution < 1.29 is 9.53 Å². The summed E-state index contributed by atoms with van der Waals surface area (Å²) in [6.07, 6.45) is 0.0781. The first-order valence-corrected chi connectivity index (χ1v) is 5.24. The van der Waals surface area contributed by atoms with Gasteiger partial charge in [0.15, 0.2) is 4.84 Å². The van der Waals surface area contributed by atoms with Gasteiger partial charge in [0.25, 0.3) is 5.91 Å². The number of carbonyl (C=O) groups excluding carboxylic acids is 1. The van der Waals surface area contributed by atoms with Crippen LogP contribution in [-0.4, -0.2) is 34.1 Å². The van der Waals surface area contributed by atoms with Crippen molar-refractivity contribution in [2.75, 3.05) is 6.54 Å². The average Bonchev–Trinajstić information content (AvgIpc) is 2.24. The number of hydrogen-bond donors (Lipinski definition) is 1. The van der Waals surface area contributed by atoms with Gasteiger partial charge in [0.1, 0.15) is 5.72 Å². The van der Waals surface area contributed by atoms with E-state index in [4.69, 9.17) is 27.9 Å². The first-order chi connectivity index (χ1) is 6.33. The maximum absolute atomic E-state index is 11.2. The van der Waals surface area contributed by atoms with Crippen LogP contribution in [0.5, 0.6) is 0 Å². The number of nitrogens with zero attached hydrogens (tertiary/aromatic N) is 1. The number of carbonyl (C=O) groups is 1. The molecule has 1 aliphatic heterocycles. The average molecular weight is 241 g/mol. The van der Waals surface area contributed by atoms with E-state index in [1.54, 1.807) is 5.01 Å². The summed E-state index contributed by atoms with van der Waals surface area (Å²) in [6, 6.07) is 0. The van der Waals surface area contributed by atoms with Gasteiger partial charge in [-0.3, -0.25) is 10.2 Å². The Balaban J connectivity index is 2.57. The summed E-state index contributed by atoms with van der Waals surface area (Å²) < 4.78 is 5.57. The van der Waals surface area contributed by atoms with E-state index in [9.17, 15) is 4.79 Å². The van der Waals surface area contributed by atoms with E-state index in [-0.39, 0.29) is 6.10 Å². The zero-order valence-corrected chi connectivity index (χ0v) is 9.89. The van der Waals surface area contributed by atoms with Crippen molar-refractivity contribution in [2.45, 2.75) is 37.4 Å². The first-order valence-electron chi connectivity index (χ1n) is 4.37. The minimum atomic E-state index is -1.05. The Morgan fingerprint density at radius 3 is 2.57 bits per heavy atom. The molecular weight excluding hydrogens is 227 g/mol. The molecule has 1 atom stereocenters. The fourth-order valence-corrected chi connectivity index (χ4v) is 1.53. The van der Waals surface area contributed by atoms with Gasteiger partial charge in [0, 0.05) is 6.54 Å². The molecule has 0 bridgehead atoms. The molecule has 0 aromatic carbocycles. The summed E-state index contributed by atoms with van der Waals surface area (Å²) >= 11 is 10.8. The SMILES string of the molecule is CC1CN(NC(=O)C(Cl)Cl)C(C)(C)O1. The van der Waals surface area contributed by atoms with Crippen molar-refractivity contribution in [2.24, 2.45) is 0 Å². The van der Waals surface area contributed by atoms with Gasteiger partial charge in [0.05, 0.1) is 6.10 Å². The van der Waals surface area contributed by atoms with Crippen molar-refractivity contribution >= 4 is 29.1 Å². The molecule has 1 unspecified atom stereocenters. The molecule has 4 nitrogen and oxygen atoms in total. The van der Waals surface area contributed by atoms with Gasteiger partial charge < -0.3 is 4.74 Å². The van der Waals surface area contributed by atoms with E-state index < -0.39 is 16.5 Å². The zero-order chi connectivity index (χ0) is 10.9. The number of alkyl halides is 2. The maximum atomic E-state index is 11.2. The molecule has 0 aromatic heterocycles. The van der Waals surface area contributed by atoms with Gasteiger partial charge in [-0.2, -0.15) is 5.01 Å². The number of amides is 1. The largest absolute Gasteiger partial charge is 0.355 e. The van der Waals surface area contributed by atoms with Crippen LogP contribution in [0.1, 0.15) is 20.8 Å². The molecule has 1 amide bonds. The third-order valence-corrected chi connectivity index (χ3v) is 2.42. The highest BCUT2D eigenvalue weighted by Gasteiger charge is 2.38. The summed E-state index contributed by atoms with van der Waals surface area (Å²) in [5.41, 5.74) is 2.09. The van der Waals surface area contributed by atoms with Crippen LogP contribution < -0.4 is 5.43 Å². The molecule has 0 saturated carbocycles. The van der Waals surface area contributed by atoms with E-state index >= 15 is 0 Å². The van der Waals surface area contributed by atoms with E-state index in [2.05, 4.69) is 5.43 Å². The first kappa shape index (κ1) is 12.0. The molecule has 0 radical (unpaired) electrons. The predicted molar refractivity (Wildman–Crippen MR) is 55.0 cm³/mol. The molecule has 0 aromatic rings. The standard InChI is InChI=1S/C8H14Cl2N2O2/c1-5-4-12(8(2,3)14-5)11-7(13)6(9)10/h5-6H,4H2,1-3H3,(H,11,13). The topological polar surface area (TPSA) is 41.6 Å². The summed E-state index contributed by atoms with van der Waals surface area (Å²) in [4.78, 5) is 10.2. The second-order valence-corrected chi connectivity index (χ2v) is 4.86. The fraction of sp³-hybridized carbons (Fsp3) is 0.875. The van der Waals surface area contributed by atoms with Crippen molar-refractivity contribution in [3.05, 3.63) is 0 Å². The molecule has 6 heteroatoms. The van der Waals surface area contributed by atoms with Gasteiger partial charge in [-0.25, -0.2) is 0 Å². The number of hydrogen-bond acceptors (Lipinski definition) is 3. The van der Waals surface area contributed by atoms with Crippen LogP contribution in [0.3, 0.4) is 0 Å². The molecule has 14 heavy (non-hydrogen) atoms. The van der Waals surface area contributed by atoms with Crippen LogP contribution in [0.15, 0.2) is 0 Å². The smallest absolute Gasteiger partial charge is 0.267 e. The Morgan fingerprint density at radius 1 is 1.64 bits per heavy atom. The molecule has 1 aliphatic rings. The normalized spacial score (nSPS) is 26.9. The molecule has 0 aliphatic carbocycles. The van der Waals surface area contributed by atoms with Crippen molar-refractivity contribution in [3.8, 4) is 0 Å². The van der Waals surface area contributed by atoms with Crippen LogP contribution in [0, 0.1) is 0 Å². The fourth-order valence-electron chi connectivity index (χ4n) is 1.43. The Bertz CT molecular complexity index is 233. The Morgan fingerprint density at radius 2 is 2.21 bits per heavy atom. The molecular formula is C8H14Cl2N2O2. The quantitative estimate of drug-likeness (QED) is 0.740. The van der Waals surface area contributed by atoms with Crippen LogP contribution in [-0.2, 0) is 9.53 Å². The highest BCUT2D eigenvalue weighted by molar-refractivity contribution is 6.53. The molecule has 82 valence electrons.